The second-order valence-electron chi connectivity index (χ2n) is 4.72. The highest BCUT2D eigenvalue weighted by Crippen LogP contribution is 2.18. The van der Waals surface area contributed by atoms with Gasteiger partial charge in [-0.1, -0.05) is 48.5 Å². The van der Waals surface area contributed by atoms with Gasteiger partial charge in [-0.3, -0.25) is 0 Å². The Morgan fingerprint density at radius 3 is 2.43 bits per heavy atom. The van der Waals surface area contributed by atoms with Gasteiger partial charge in [0.2, 0.25) is 0 Å². The molecule has 0 radical (unpaired) electrons. The third-order valence-corrected chi connectivity index (χ3v) is 3.13. The van der Waals surface area contributed by atoms with E-state index in [0.717, 1.165) is 11.1 Å². The van der Waals surface area contributed by atoms with Crippen molar-refractivity contribution in [1.29, 1.82) is 0 Å². The molecule has 0 saturated heterocycles. The summed E-state index contributed by atoms with van der Waals surface area (Å²) >= 11 is 0. The summed E-state index contributed by atoms with van der Waals surface area (Å²) in [4.78, 5) is 11.9. The quantitative estimate of drug-likeness (QED) is 0.649. The van der Waals surface area contributed by atoms with E-state index in [0.29, 0.717) is 12.0 Å². The van der Waals surface area contributed by atoms with Gasteiger partial charge >= 0.3 is 5.97 Å². The average molecular weight is 282 g/mol. The van der Waals surface area contributed by atoms with Crippen molar-refractivity contribution in [2.75, 3.05) is 0 Å². The molecule has 0 fully saturated rings. The summed E-state index contributed by atoms with van der Waals surface area (Å²) in [6, 6.07) is 16.3. The molecule has 1 N–H and O–H groups in total. The zero-order valence-electron chi connectivity index (χ0n) is 11.7. The van der Waals surface area contributed by atoms with E-state index >= 15 is 0 Å². The average Bonchev–Trinajstić information content (AvgIpc) is 2.54. The molecular weight excluding hydrogens is 264 g/mol. The molecule has 0 aliphatic carbocycles. The lowest BCUT2D eigenvalue weighted by Gasteiger charge is -2.09. The maximum atomic E-state index is 11.9. The van der Waals surface area contributed by atoms with Crippen LogP contribution in [0.4, 0.5) is 0 Å². The van der Waals surface area contributed by atoms with Crippen LogP contribution in [-0.4, -0.2) is 11.1 Å². The van der Waals surface area contributed by atoms with Gasteiger partial charge in [-0.05, 0) is 29.7 Å². The topological polar surface area (TPSA) is 46.5 Å². The van der Waals surface area contributed by atoms with Crippen molar-refractivity contribution >= 4 is 5.97 Å². The molecule has 108 valence electrons. The SMILES string of the molecule is C=CC[C@@H](O)c1ccc(C(=O)OCc2ccccc2)cc1. The van der Waals surface area contributed by atoms with E-state index < -0.39 is 6.10 Å². The molecule has 0 saturated carbocycles. The molecule has 0 bridgehead atoms. The van der Waals surface area contributed by atoms with Gasteiger partial charge < -0.3 is 9.84 Å². The summed E-state index contributed by atoms with van der Waals surface area (Å²) in [7, 11) is 0. The fraction of sp³-hybridized carbons (Fsp3) is 0.167. The van der Waals surface area contributed by atoms with Crippen LogP contribution in [0.1, 0.15) is 34.0 Å². The maximum Gasteiger partial charge on any atom is 0.338 e. The van der Waals surface area contributed by atoms with Gasteiger partial charge in [-0.25, -0.2) is 4.79 Å². The molecule has 2 aromatic carbocycles. The Kier molecular flexibility index (Phi) is 5.29. The van der Waals surface area contributed by atoms with Gasteiger partial charge in [0.15, 0.2) is 0 Å². The van der Waals surface area contributed by atoms with Crippen LogP contribution in [0.3, 0.4) is 0 Å². The number of rotatable bonds is 6. The lowest BCUT2D eigenvalue weighted by molar-refractivity contribution is 0.0472. The summed E-state index contributed by atoms with van der Waals surface area (Å²) in [5, 5.41) is 9.81. The third-order valence-electron chi connectivity index (χ3n) is 3.13. The van der Waals surface area contributed by atoms with Crippen LogP contribution < -0.4 is 0 Å². The van der Waals surface area contributed by atoms with E-state index in [2.05, 4.69) is 6.58 Å². The zero-order chi connectivity index (χ0) is 15.1. The van der Waals surface area contributed by atoms with Crippen molar-refractivity contribution in [3.63, 3.8) is 0 Å². The lowest BCUT2D eigenvalue weighted by Crippen LogP contribution is -2.05. The van der Waals surface area contributed by atoms with Gasteiger partial charge in [-0.15, -0.1) is 6.58 Å². The van der Waals surface area contributed by atoms with E-state index in [1.807, 2.05) is 30.3 Å². The minimum absolute atomic E-state index is 0.251. The number of aliphatic hydroxyl groups excluding tert-OH is 1. The predicted molar refractivity (Wildman–Crippen MR) is 81.8 cm³/mol. The lowest BCUT2D eigenvalue weighted by atomic mass is 10.0. The Labute approximate surface area is 124 Å². The van der Waals surface area contributed by atoms with Crippen molar-refractivity contribution in [2.45, 2.75) is 19.1 Å². The van der Waals surface area contributed by atoms with Gasteiger partial charge in [0.25, 0.3) is 0 Å². The van der Waals surface area contributed by atoms with Crippen molar-refractivity contribution in [3.8, 4) is 0 Å². The van der Waals surface area contributed by atoms with E-state index in [1.165, 1.54) is 0 Å². The Morgan fingerprint density at radius 2 is 1.81 bits per heavy atom. The van der Waals surface area contributed by atoms with Gasteiger partial charge in [-0.2, -0.15) is 0 Å². The van der Waals surface area contributed by atoms with Crippen LogP contribution in [0.5, 0.6) is 0 Å². The Balaban J connectivity index is 1.95. The summed E-state index contributed by atoms with van der Waals surface area (Å²) in [6.45, 7) is 3.84. The first-order valence-corrected chi connectivity index (χ1v) is 6.80. The Hall–Kier alpha value is -2.39. The Morgan fingerprint density at radius 1 is 1.14 bits per heavy atom. The van der Waals surface area contributed by atoms with Crippen LogP contribution in [0.2, 0.25) is 0 Å². The number of esters is 1. The molecule has 0 aliphatic rings. The van der Waals surface area contributed by atoms with Crippen LogP contribution in [0, 0.1) is 0 Å². The normalized spacial score (nSPS) is 11.7. The number of carbonyl (C=O) groups is 1. The summed E-state index contributed by atoms with van der Waals surface area (Å²) < 4.78 is 5.24. The van der Waals surface area contributed by atoms with Crippen molar-refractivity contribution in [3.05, 3.63) is 83.9 Å². The number of aliphatic hydroxyl groups is 1. The zero-order valence-corrected chi connectivity index (χ0v) is 11.7. The molecule has 3 heteroatoms. The van der Waals surface area contributed by atoms with E-state index in [4.69, 9.17) is 4.74 Å². The Bertz CT molecular complexity index is 588. The molecule has 0 spiro atoms. The molecule has 1 atom stereocenters. The largest absolute Gasteiger partial charge is 0.457 e. The van der Waals surface area contributed by atoms with E-state index in [9.17, 15) is 9.90 Å². The van der Waals surface area contributed by atoms with Crippen molar-refractivity contribution in [2.24, 2.45) is 0 Å². The van der Waals surface area contributed by atoms with E-state index in [1.54, 1.807) is 30.3 Å². The smallest absolute Gasteiger partial charge is 0.338 e. The molecule has 0 unspecified atom stereocenters. The summed E-state index contributed by atoms with van der Waals surface area (Å²) in [6.07, 6.45) is 1.56. The number of benzene rings is 2. The van der Waals surface area contributed by atoms with Crippen LogP contribution >= 0.6 is 0 Å². The standard InChI is InChI=1S/C18H18O3/c1-2-6-17(19)15-9-11-16(12-10-15)18(20)21-13-14-7-4-3-5-8-14/h2-5,7-12,17,19H,1,6,13H2/t17-/m1/s1. The monoisotopic (exact) mass is 282 g/mol. The maximum absolute atomic E-state index is 11.9. The van der Waals surface area contributed by atoms with Crippen molar-refractivity contribution in [1.82, 2.24) is 0 Å². The molecule has 0 amide bonds. The minimum atomic E-state index is -0.586. The fourth-order valence-electron chi connectivity index (χ4n) is 1.94. The first-order chi connectivity index (χ1) is 10.2. The van der Waals surface area contributed by atoms with Gasteiger partial charge in [0.05, 0.1) is 11.7 Å². The predicted octanol–water partition coefficient (Wildman–Crippen LogP) is 3.65. The number of ether oxygens (including phenoxy) is 1. The summed E-state index contributed by atoms with van der Waals surface area (Å²) in [5.74, 6) is -0.372. The second-order valence-corrected chi connectivity index (χ2v) is 4.72. The van der Waals surface area contributed by atoms with Crippen LogP contribution in [0.15, 0.2) is 67.3 Å². The second kappa shape index (κ2) is 7.41. The third kappa shape index (κ3) is 4.29. The highest BCUT2D eigenvalue weighted by molar-refractivity contribution is 5.89. The first-order valence-electron chi connectivity index (χ1n) is 6.80. The number of carbonyl (C=O) groups excluding carboxylic acids is 1. The highest BCUT2D eigenvalue weighted by atomic mass is 16.5. The molecule has 0 heterocycles. The summed E-state index contributed by atoms with van der Waals surface area (Å²) in [5.41, 5.74) is 2.18. The molecular formula is C18H18O3. The van der Waals surface area contributed by atoms with Gasteiger partial charge in [0.1, 0.15) is 6.61 Å². The van der Waals surface area contributed by atoms with Crippen LogP contribution in [0.25, 0.3) is 0 Å². The molecule has 0 aromatic heterocycles. The fourth-order valence-corrected chi connectivity index (χ4v) is 1.94. The van der Waals surface area contributed by atoms with Crippen LogP contribution in [-0.2, 0) is 11.3 Å². The molecule has 2 aromatic rings. The molecule has 21 heavy (non-hydrogen) atoms. The molecule has 2 rings (SSSR count). The van der Waals surface area contributed by atoms with Crippen molar-refractivity contribution < 1.29 is 14.6 Å². The van der Waals surface area contributed by atoms with E-state index in [-0.39, 0.29) is 12.6 Å². The number of hydrogen-bond acceptors (Lipinski definition) is 3. The highest BCUT2D eigenvalue weighted by Gasteiger charge is 2.10. The van der Waals surface area contributed by atoms with Gasteiger partial charge in [0, 0.05) is 0 Å². The molecule has 0 aliphatic heterocycles. The number of hydrogen-bond donors (Lipinski definition) is 1. The minimum Gasteiger partial charge on any atom is -0.457 e. The molecule has 3 nitrogen and oxygen atoms in total. The first kappa shape index (κ1) is 15.0.